The summed E-state index contributed by atoms with van der Waals surface area (Å²) in [6, 6.07) is 0. The van der Waals surface area contributed by atoms with Crippen molar-refractivity contribution in [2.24, 2.45) is 5.92 Å². The lowest BCUT2D eigenvalue weighted by atomic mass is 10.0. The lowest BCUT2D eigenvalue weighted by Gasteiger charge is -2.24. The van der Waals surface area contributed by atoms with Crippen LogP contribution in [-0.4, -0.2) is 69.6 Å². The van der Waals surface area contributed by atoms with Gasteiger partial charge in [0.2, 0.25) is 0 Å². The Kier molecular flexibility index (Phi) is 20.1. The van der Waals surface area contributed by atoms with Crippen LogP contribution < -0.4 is 0 Å². The SMILES string of the molecule is CCCCCCCCCCCCCCC(COC(=O)OCC)COP(=O)(O)OCC[N+](C)(C)C. The fourth-order valence-electron chi connectivity index (χ4n) is 3.50. The topological polar surface area (TPSA) is 91.3 Å². The van der Waals surface area contributed by atoms with E-state index in [0.29, 0.717) is 11.0 Å². The molecule has 8 nitrogen and oxygen atoms in total. The summed E-state index contributed by atoms with van der Waals surface area (Å²) in [6.07, 6.45) is 15.2. The lowest BCUT2D eigenvalue weighted by molar-refractivity contribution is -0.870. The van der Waals surface area contributed by atoms with E-state index < -0.39 is 14.0 Å². The third kappa shape index (κ3) is 23.1. The summed E-state index contributed by atoms with van der Waals surface area (Å²) in [6.45, 7) is 5.00. The number of ether oxygens (including phenoxy) is 2. The van der Waals surface area contributed by atoms with Crippen molar-refractivity contribution >= 4 is 14.0 Å². The summed E-state index contributed by atoms with van der Waals surface area (Å²) < 4.78 is 33.0. The summed E-state index contributed by atoms with van der Waals surface area (Å²) in [4.78, 5) is 21.5. The van der Waals surface area contributed by atoms with E-state index in [1.165, 1.54) is 64.2 Å². The fraction of sp³-hybridized carbons (Fsp3) is 0.960. The molecule has 0 spiro atoms. The van der Waals surface area contributed by atoms with Gasteiger partial charge in [0.15, 0.2) is 0 Å². The average Bonchev–Trinajstić information content (AvgIpc) is 2.75. The molecular formula is C25H53NO7P+. The monoisotopic (exact) mass is 510 g/mol. The van der Waals surface area contributed by atoms with Crippen LogP contribution in [0.1, 0.15) is 97.3 Å². The molecule has 2 atom stereocenters. The van der Waals surface area contributed by atoms with Gasteiger partial charge in [0.25, 0.3) is 0 Å². The van der Waals surface area contributed by atoms with Gasteiger partial charge >= 0.3 is 14.0 Å². The summed E-state index contributed by atoms with van der Waals surface area (Å²) in [5.74, 6) is -0.185. The van der Waals surface area contributed by atoms with Crippen LogP contribution in [0, 0.1) is 5.92 Å². The van der Waals surface area contributed by atoms with Crippen molar-refractivity contribution in [1.82, 2.24) is 0 Å². The van der Waals surface area contributed by atoms with Crippen molar-refractivity contribution in [2.75, 3.05) is 54.1 Å². The minimum absolute atomic E-state index is 0.00438. The van der Waals surface area contributed by atoms with Gasteiger partial charge in [-0.3, -0.25) is 9.05 Å². The van der Waals surface area contributed by atoms with Gasteiger partial charge in [-0.2, -0.15) is 0 Å². The molecule has 0 aromatic rings. The van der Waals surface area contributed by atoms with Gasteiger partial charge in [-0.15, -0.1) is 0 Å². The molecule has 0 heterocycles. The van der Waals surface area contributed by atoms with Crippen molar-refractivity contribution in [3.8, 4) is 0 Å². The van der Waals surface area contributed by atoms with Gasteiger partial charge in [-0.05, 0) is 13.3 Å². The molecule has 0 saturated heterocycles. The molecule has 0 saturated carbocycles. The van der Waals surface area contributed by atoms with E-state index in [1.807, 2.05) is 21.1 Å². The van der Waals surface area contributed by atoms with Crippen molar-refractivity contribution < 1.29 is 37.3 Å². The van der Waals surface area contributed by atoms with Gasteiger partial charge in [-0.1, -0.05) is 84.0 Å². The summed E-state index contributed by atoms with van der Waals surface area (Å²) in [5.41, 5.74) is 0. The minimum Gasteiger partial charge on any atom is -0.435 e. The van der Waals surface area contributed by atoms with Gasteiger partial charge in [0.05, 0.1) is 41.0 Å². The van der Waals surface area contributed by atoms with Crippen molar-refractivity contribution in [3.05, 3.63) is 0 Å². The highest BCUT2D eigenvalue weighted by Crippen LogP contribution is 2.43. The number of likely N-dealkylation sites (N-methyl/N-ethyl adjacent to an activating group) is 1. The van der Waals surface area contributed by atoms with E-state index in [2.05, 4.69) is 6.92 Å². The number of quaternary nitrogens is 1. The molecule has 9 heteroatoms. The molecule has 0 aliphatic carbocycles. The molecule has 2 unspecified atom stereocenters. The quantitative estimate of drug-likeness (QED) is 0.0707. The highest BCUT2D eigenvalue weighted by Gasteiger charge is 2.25. The maximum atomic E-state index is 12.2. The zero-order valence-corrected chi connectivity index (χ0v) is 23.5. The Morgan fingerprint density at radius 3 is 1.82 bits per heavy atom. The number of phosphoric acid groups is 1. The summed E-state index contributed by atoms with van der Waals surface area (Å²) in [5, 5.41) is 0. The first-order valence-corrected chi connectivity index (χ1v) is 14.8. The van der Waals surface area contributed by atoms with E-state index >= 15 is 0 Å². The predicted molar refractivity (Wildman–Crippen MR) is 137 cm³/mol. The maximum Gasteiger partial charge on any atom is 0.508 e. The van der Waals surface area contributed by atoms with Crippen molar-refractivity contribution in [3.63, 3.8) is 0 Å². The lowest BCUT2D eigenvalue weighted by Crippen LogP contribution is -2.37. The Labute approximate surface area is 208 Å². The van der Waals surface area contributed by atoms with Gasteiger partial charge < -0.3 is 18.9 Å². The number of hydrogen-bond donors (Lipinski definition) is 1. The normalized spacial score (nSPS) is 14.5. The molecule has 0 aromatic heterocycles. The van der Waals surface area contributed by atoms with E-state index in [0.717, 1.165) is 19.3 Å². The Morgan fingerprint density at radius 2 is 1.32 bits per heavy atom. The van der Waals surface area contributed by atoms with Crippen LogP contribution in [0.25, 0.3) is 0 Å². The average molecular weight is 511 g/mol. The second kappa shape index (κ2) is 20.5. The van der Waals surface area contributed by atoms with Crippen LogP contribution in [0.5, 0.6) is 0 Å². The number of nitrogens with zero attached hydrogens (tertiary/aromatic N) is 1. The molecule has 1 N–H and O–H groups in total. The standard InChI is InChI=1S/C25H52NO7P/c1-6-8-9-10-11-12-13-14-15-16-17-18-19-24(22-31-25(27)30-7-2)23-33-34(28,29)32-21-20-26(3,4)5/h24H,6-23H2,1-5H3/p+1. The zero-order chi connectivity index (χ0) is 25.7. The van der Waals surface area contributed by atoms with Crippen molar-refractivity contribution in [2.45, 2.75) is 97.3 Å². The number of carbonyl (C=O) groups is 1. The molecular weight excluding hydrogens is 457 g/mol. The first kappa shape index (κ1) is 33.3. The van der Waals surface area contributed by atoms with E-state index in [9.17, 15) is 14.3 Å². The zero-order valence-electron chi connectivity index (χ0n) is 22.6. The highest BCUT2D eigenvalue weighted by molar-refractivity contribution is 7.47. The number of rotatable bonds is 23. The Balaban J connectivity index is 4.18. The molecule has 0 fully saturated rings. The smallest absolute Gasteiger partial charge is 0.435 e. The van der Waals surface area contributed by atoms with Gasteiger partial charge in [-0.25, -0.2) is 9.36 Å². The third-order valence-corrected chi connectivity index (χ3v) is 6.64. The summed E-state index contributed by atoms with van der Waals surface area (Å²) in [7, 11) is 1.78. The van der Waals surface area contributed by atoms with Crippen LogP contribution in [0.2, 0.25) is 0 Å². The largest absolute Gasteiger partial charge is 0.508 e. The maximum absolute atomic E-state index is 12.2. The Morgan fingerprint density at radius 1 is 0.794 bits per heavy atom. The molecule has 0 aliphatic heterocycles. The van der Waals surface area contributed by atoms with Crippen LogP contribution in [0.3, 0.4) is 0 Å². The van der Waals surface area contributed by atoms with Crippen LogP contribution in [0.15, 0.2) is 0 Å². The van der Waals surface area contributed by atoms with Crippen LogP contribution in [-0.2, 0) is 23.1 Å². The first-order chi connectivity index (χ1) is 16.1. The van der Waals surface area contributed by atoms with Crippen LogP contribution >= 0.6 is 7.82 Å². The van der Waals surface area contributed by atoms with Crippen molar-refractivity contribution in [1.29, 1.82) is 0 Å². The molecule has 204 valence electrons. The molecule has 0 aromatic carbocycles. The fourth-order valence-corrected chi connectivity index (χ4v) is 4.29. The summed E-state index contributed by atoms with van der Waals surface area (Å²) >= 11 is 0. The van der Waals surface area contributed by atoms with Gasteiger partial charge in [0.1, 0.15) is 13.2 Å². The molecule has 0 amide bonds. The minimum atomic E-state index is -4.14. The molecule has 0 bridgehead atoms. The number of hydrogen-bond acceptors (Lipinski definition) is 6. The van der Waals surface area contributed by atoms with E-state index in [-0.39, 0.29) is 32.3 Å². The van der Waals surface area contributed by atoms with Gasteiger partial charge in [0, 0.05) is 5.92 Å². The second-order valence-electron chi connectivity index (χ2n) is 10.1. The second-order valence-corrected chi connectivity index (χ2v) is 11.6. The first-order valence-electron chi connectivity index (χ1n) is 13.3. The van der Waals surface area contributed by atoms with E-state index in [4.69, 9.17) is 18.5 Å². The number of unbranched alkanes of at least 4 members (excludes halogenated alkanes) is 11. The highest BCUT2D eigenvalue weighted by atomic mass is 31.2. The van der Waals surface area contributed by atoms with Crippen LogP contribution in [0.4, 0.5) is 4.79 Å². The predicted octanol–water partition coefficient (Wildman–Crippen LogP) is 6.71. The molecule has 0 aliphatic rings. The Hall–Kier alpha value is -0.660. The Bertz CT molecular complexity index is 540. The van der Waals surface area contributed by atoms with E-state index in [1.54, 1.807) is 6.92 Å². The number of phosphoric ester groups is 1. The molecule has 0 rings (SSSR count). The molecule has 34 heavy (non-hydrogen) atoms. The third-order valence-electron chi connectivity index (χ3n) is 5.65. The number of carbonyl (C=O) groups excluding carboxylic acids is 1. The molecule has 0 radical (unpaired) electrons.